The van der Waals surface area contributed by atoms with Crippen LogP contribution in [-0.2, 0) is 26.2 Å². The molecule has 0 aliphatic heterocycles. The van der Waals surface area contributed by atoms with Crippen molar-refractivity contribution in [1.82, 2.24) is 10.2 Å². The van der Waals surface area contributed by atoms with Gasteiger partial charge in [-0.1, -0.05) is 37.6 Å². The first-order chi connectivity index (χ1) is 16.5. The van der Waals surface area contributed by atoms with Gasteiger partial charge in [-0.05, 0) is 62.1 Å². The number of nitrogens with one attached hydrogen (secondary N) is 1. The fourth-order valence-electron chi connectivity index (χ4n) is 3.67. The van der Waals surface area contributed by atoms with Crippen LogP contribution in [0, 0.1) is 13.8 Å². The van der Waals surface area contributed by atoms with E-state index < -0.39 is 28.5 Å². The summed E-state index contributed by atoms with van der Waals surface area (Å²) < 4.78 is 31.9. The van der Waals surface area contributed by atoms with Crippen molar-refractivity contribution in [1.29, 1.82) is 0 Å². The molecule has 1 atom stereocenters. The van der Waals surface area contributed by atoms with Crippen molar-refractivity contribution in [3.63, 3.8) is 0 Å². The first-order valence-electron chi connectivity index (χ1n) is 11.7. The Balaban J connectivity index is 2.41. The Labute approximate surface area is 209 Å². The average Bonchev–Trinajstić information content (AvgIpc) is 2.81. The molecule has 0 aliphatic carbocycles. The second kappa shape index (κ2) is 12.6. The van der Waals surface area contributed by atoms with Gasteiger partial charge in [0.2, 0.25) is 21.8 Å². The molecule has 0 spiro atoms. The summed E-state index contributed by atoms with van der Waals surface area (Å²) in [5.74, 6) is -0.132. The smallest absolute Gasteiger partial charge is 0.244 e. The van der Waals surface area contributed by atoms with Gasteiger partial charge in [-0.15, -0.1) is 0 Å². The van der Waals surface area contributed by atoms with Crippen LogP contribution in [0.2, 0.25) is 0 Å². The molecule has 0 fully saturated rings. The van der Waals surface area contributed by atoms with E-state index in [1.54, 1.807) is 39.2 Å². The maximum absolute atomic E-state index is 13.6. The molecule has 2 rings (SSSR count). The maximum Gasteiger partial charge on any atom is 0.244 e. The van der Waals surface area contributed by atoms with E-state index in [2.05, 4.69) is 5.32 Å². The second-order valence-corrected chi connectivity index (χ2v) is 10.7. The third kappa shape index (κ3) is 7.99. The molecule has 0 bridgehead atoms. The molecule has 192 valence electrons. The van der Waals surface area contributed by atoms with Crippen LogP contribution in [0.3, 0.4) is 0 Å². The maximum atomic E-state index is 13.6. The molecular weight excluding hydrogens is 466 g/mol. The number of hydrogen-bond acceptors (Lipinski definition) is 5. The predicted octanol–water partition coefficient (Wildman–Crippen LogP) is 3.41. The third-order valence-electron chi connectivity index (χ3n) is 5.80. The largest absolute Gasteiger partial charge is 0.497 e. The quantitative estimate of drug-likeness (QED) is 0.448. The first-order valence-corrected chi connectivity index (χ1v) is 13.6. The van der Waals surface area contributed by atoms with Gasteiger partial charge in [-0.3, -0.25) is 13.9 Å². The van der Waals surface area contributed by atoms with Crippen molar-refractivity contribution in [3.8, 4) is 5.75 Å². The van der Waals surface area contributed by atoms with E-state index in [1.807, 2.05) is 38.1 Å². The van der Waals surface area contributed by atoms with Crippen LogP contribution >= 0.6 is 0 Å². The number of benzene rings is 2. The van der Waals surface area contributed by atoms with E-state index in [0.29, 0.717) is 18.0 Å². The molecular formula is C26H37N3O5S. The molecule has 35 heavy (non-hydrogen) atoms. The lowest BCUT2D eigenvalue weighted by atomic mass is 10.1. The summed E-state index contributed by atoms with van der Waals surface area (Å²) in [4.78, 5) is 27.9. The number of carbonyl (C=O) groups excluding carboxylic acids is 2. The molecule has 1 unspecified atom stereocenters. The molecule has 0 heterocycles. The number of methoxy groups -OCH3 is 1. The SMILES string of the molecule is CCCCNC(=O)C(C)N(Cc1cccc(OC)c1)C(=O)CN(c1cc(C)ccc1C)S(C)(=O)=O. The van der Waals surface area contributed by atoms with Crippen molar-refractivity contribution in [3.05, 3.63) is 59.2 Å². The summed E-state index contributed by atoms with van der Waals surface area (Å²) in [5.41, 5.74) is 2.83. The number of aryl methyl sites for hydroxylation is 2. The normalized spacial score (nSPS) is 12.1. The van der Waals surface area contributed by atoms with Gasteiger partial charge in [-0.25, -0.2) is 8.42 Å². The van der Waals surface area contributed by atoms with E-state index in [0.717, 1.165) is 40.1 Å². The Morgan fingerprint density at radius 1 is 1.11 bits per heavy atom. The zero-order valence-electron chi connectivity index (χ0n) is 21.5. The number of anilines is 1. The van der Waals surface area contributed by atoms with Gasteiger partial charge >= 0.3 is 0 Å². The Bertz CT molecular complexity index is 1130. The minimum Gasteiger partial charge on any atom is -0.497 e. The Hall–Kier alpha value is -3.07. The van der Waals surface area contributed by atoms with Crippen molar-refractivity contribution in [2.45, 2.75) is 53.1 Å². The molecule has 0 radical (unpaired) electrons. The summed E-state index contributed by atoms with van der Waals surface area (Å²) in [6, 6.07) is 11.9. The highest BCUT2D eigenvalue weighted by atomic mass is 32.2. The number of unbranched alkanes of at least 4 members (excludes halogenated alkanes) is 1. The highest BCUT2D eigenvalue weighted by Crippen LogP contribution is 2.25. The molecule has 2 amide bonds. The minimum absolute atomic E-state index is 0.128. The zero-order valence-corrected chi connectivity index (χ0v) is 22.3. The van der Waals surface area contributed by atoms with Crippen LogP contribution in [-0.4, -0.2) is 57.6 Å². The lowest BCUT2D eigenvalue weighted by molar-refractivity contribution is -0.139. The van der Waals surface area contributed by atoms with Gasteiger partial charge in [0.1, 0.15) is 18.3 Å². The highest BCUT2D eigenvalue weighted by molar-refractivity contribution is 7.92. The molecule has 0 saturated heterocycles. The van der Waals surface area contributed by atoms with E-state index in [1.165, 1.54) is 4.90 Å². The minimum atomic E-state index is -3.77. The molecule has 1 N–H and O–H groups in total. The first kappa shape index (κ1) is 28.2. The third-order valence-corrected chi connectivity index (χ3v) is 6.92. The molecule has 9 heteroatoms. The second-order valence-electron chi connectivity index (χ2n) is 8.75. The summed E-state index contributed by atoms with van der Waals surface area (Å²) in [6.45, 7) is 7.57. The summed E-state index contributed by atoms with van der Waals surface area (Å²) >= 11 is 0. The Morgan fingerprint density at radius 2 is 1.83 bits per heavy atom. The van der Waals surface area contributed by atoms with Crippen molar-refractivity contribution in [2.24, 2.45) is 0 Å². The molecule has 2 aromatic carbocycles. The Morgan fingerprint density at radius 3 is 2.46 bits per heavy atom. The molecule has 0 aliphatic rings. The number of amides is 2. The number of nitrogens with zero attached hydrogens (tertiary/aromatic N) is 2. The molecule has 0 saturated carbocycles. The van der Waals surface area contributed by atoms with Gasteiger partial charge in [0.15, 0.2) is 0 Å². The lowest BCUT2D eigenvalue weighted by Crippen LogP contribution is -2.51. The number of sulfonamides is 1. The van der Waals surface area contributed by atoms with Crippen LogP contribution in [0.15, 0.2) is 42.5 Å². The van der Waals surface area contributed by atoms with Crippen molar-refractivity contribution in [2.75, 3.05) is 30.8 Å². The highest BCUT2D eigenvalue weighted by Gasteiger charge is 2.30. The van der Waals surface area contributed by atoms with Gasteiger partial charge < -0.3 is 15.0 Å². The van der Waals surface area contributed by atoms with Crippen LogP contribution in [0.5, 0.6) is 5.75 Å². The van der Waals surface area contributed by atoms with E-state index >= 15 is 0 Å². The van der Waals surface area contributed by atoms with Gasteiger partial charge in [0.05, 0.1) is 19.1 Å². The number of hydrogen-bond donors (Lipinski definition) is 1. The zero-order chi connectivity index (χ0) is 26.2. The van der Waals surface area contributed by atoms with E-state index in [9.17, 15) is 18.0 Å². The molecule has 8 nitrogen and oxygen atoms in total. The van der Waals surface area contributed by atoms with Crippen LogP contribution in [0.1, 0.15) is 43.4 Å². The lowest BCUT2D eigenvalue weighted by Gasteiger charge is -2.32. The average molecular weight is 504 g/mol. The van der Waals surface area contributed by atoms with Gasteiger partial charge in [0, 0.05) is 13.1 Å². The Kier molecular flexibility index (Phi) is 10.1. The monoisotopic (exact) mass is 503 g/mol. The number of ether oxygens (including phenoxy) is 1. The van der Waals surface area contributed by atoms with Crippen LogP contribution < -0.4 is 14.4 Å². The molecule has 0 aromatic heterocycles. The molecule has 2 aromatic rings. The van der Waals surface area contributed by atoms with E-state index in [-0.39, 0.29) is 12.5 Å². The predicted molar refractivity (Wildman–Crippen MR) is 139 cm³/mol. The van der Waals surface area contributed by atoms with Crippen molar-refractivity contribution < 1.29 is 22.7 Å². The van der Waals surface area contributed by atoms with E-state index in [4.69, 9.17) is 4.74 Å². The van der Waals surface area contributed by atoms with Gasteiger partial charge in [-0.2, -0.15) is 0 Å². The van der Waals surface area contributed by atoms with Crippen molar-refractivity contribution >= 4 is 27.5 Å². The fraction of sp³-hybridized carbons (Fsp3) is 0.462. The fourth-order valence-corrected chi connectivity index (χ4v) is 4.57. The summed E-state index contributed by atoms with van der Waals surface area (Å²) in [7, 11) is -2.21. The number of carbonyl (C=O) groups is 2. The number of rotatable bonds is 12. The standard InChI is InChI=1S/C26H37N3O5S/c1-7-8-14-27-26(31)21(4)28(17-22-10-9-11-23(16-22)34-5)25(30)18-29(35(6,32)33)24-15-19(2)12-13-20(24)3/h9-13,15-16,21H,7-8,14,17-18H2,1-6H3,(H,27,31). The van der Waals surface area contributed by atoms with Gasteiger partial charge in [0.25, 0.3) is 0 Å². The summed E-state index contributed by atoms with van der Waals surface area (Å²) in [6.07, 6.45) is 2.84. The topological polar surface area (TPSA) is 96.0 Å². The summed E-state index contributed by atoms with van der Waals surface area (Å²) in [5, 5.41) is 2.87. The van der Waals surface area contributed by atoms with Crippen LogP contribution in [0.25, 0.3) is 0 Å². The van der Waals surface area contributed by atoms with Crippen LogP contribution in [0.4, 0.5) is 5.69 Å².